The molecule has 2 spiro atoms. The number of unbranched alkanes of at least 4 members (excludes halogenated alkanes) is 1. The second kappa shape index (κ2) is 10.2. The molecule has 5 aliphatic heterocycles. The van der Waals surface area contributed by atoms with Gasteiger partial charge in [0.25, 0.3) is 0 Å². The number of ether oxygens (including phenoxy) is 5. The maximum Gasteiger partial charge on any atom is 0.339 e. The van der Waals surface area contributed by atoms with E-state index in [1.54, 1.807) is 6.07 Å². The van der Waals surface area contributed by atoms with Crippen molar-refractivity contribution in [3.8, 4) is 0 Å². The first-order valence-electron chi connectivity index (χ1n) is 17.1. The molecule has 0 N–H and O–H groups in total. The van der Waals surface area contributed by atoms with E-state index in [9.17, 15) is 19.2 Å². The molecule has 8 rings (SSSR count). The molecular weight excluding hydrogens is 594 g/mol. The van der Waals surface area contributed by atoms with E-state index in [2.05, 4.69) is 11.8 Å². The predicted octanol–water partition coefficient (Wildman–Crippen LogP) is 3.82. The topological polar surface area (TPSA) is 134 Å². The van der Waals surface area contributed by atoms with E-state index in [4.69, 9.17) is 28.1 Å². The Morgan fingerprint density at radius 2 is 1.76 bits per heavy atom. The minimum atomic E-state index is -1.10. The van der Waals surface area contributed by atoms with Crippen molar-refractivity contribution < 1.29 is 47.3 Å². The zero-order valence-corrected chi connectivity index (χ0v) is 27.3. The molecule has 46 heavy (non-hydrogen) atoms. The number of fused-ring (bicyclic) bond motifs is 1. The van der Waals surface area contributed by atoms with Crippen LogP contribution in [0, 0.1) is 28.1 Å². The van der Waals surface area contributed by atoms with Gasteiger partial charge in [-0.05, 0) is 65.0 Å². The van der Waals surface area contributed by atoms with Gasteiger partial charge in [-0.2, -0.15) is 0 Å². The Labute approximate surface area is 268 Å². The van der Waals surface area contributed by atoms with Crippen LogP contribution in [0.5, 0.6) is 0 Å². The molecular formula is C35H45NO10. The number of furan rings is 1. The van der Waals surface area contributed by atoms with Gasteiger partial charge >= 0.3 is 11.9 Å². The second-order valence-corrected chi connectivity index (χ2v) is 15.7. The fourth-order valence-electron chi connectivity index (χ4n) is 11.1. The Hall–Kier alpha value is -2.60. The van der Waals surface area contributed by atoms with Crippen molar-refractivity contribution in [1.29, 1.82) is 0 Å². The highest BCUT2D eigenvalue weighted by molar-refractivity contribution is 5.94. The van der Waals surface area contributed by atoms with Crippen LogP contribution in [-0.2, 0) is 38.1 Å². The SMILES string of the molecule is CC1(C)O[C@H]2CC(=O)OC[C@]23[C@H]2CC[C@@]4(C)[C@H](c5coc(C(=O)CCCCN6CCOCC6)c5)OC(=O)[C@H]5O[C@]54[C@]2(C)C(=O)C[C@@H]13. The van der Waals surface area contributed by atoms with Crippen molar-refractivity contribution in [2.45, 2.75) is 102 Å². The lowest BCUT2D eigenvalue weighted by Gasteiger charge is -2.65. The van der Waals surface area contributed by atoms with Crippen LogP contribution in [0.1, 0.15) is 94.9 Å². The van der Waals surface area contributed by atoms with Gasteiger partial charge in [-0.25, -0.2) is 4.79 Å². The van der Waals surface area contributed by atoms with Crippen molar-refractivity contribution in [3.63, 3.8) is 0 Å². The second-order valence-electron chi connectivity index (χ2n) is 15.7. The van der Waals surface area contributed by atoms with Crippen LogP contribution in [0.2, 0.25) is 0 Å². The van der Waals surface area contributed by atoms with Gasteiger partial charge in [-0.15, -0.1) is 0 Å². The number of nitrogens with zero attached hydrogens (tertiary/aromatic N) is 1. The van der Waals surface area contributed by atoms with Crippen molar-refractivity contribution in [2.24, 2.45) is 28.1 Å². The van der Waals surface area contributed by atoms with E-state index in [1.165, 1.54) is 6.26 Å². The number of carbonyl (C=O) groups excluding carboxylic acids is 4. The van der Waals surface area contributed by atoms with Crippen LogP contribution in [-0.4, -0.2) is 91.3 Å². The minimum Gasteiger partial charge on any atom is -0.465 e. The Morgan fingerprint density at radius 1 is 0.978 bits per heavy atom. The number of rotatable bonds is 7. The summed E-state index contributed by atoms with van der Waals surface area (Å²) in [5.41, 5.74) is -3.44. The average molecular weight is 640 g/mol. The van der Waals surface area contributed by atoms with Crippen molar-refractivity contribution in [3.05, 3.63) is 23.7 Å². The summed E-state index contributed by atoms with van der Waals surface area (Å²) in [6, 6.07) is 1.71. The molecule has 2 aliphatic carbocycles. The molecule has 0 unspecified atom stereocenters. The maximum atomic E-state index is 14.5. The lowest BCUT2D eigenvalue weighted by atomic mass is 9.37. The highest BCUT2D eigenvalue weighted by Crippen LogP contribution is 2.79. The molecule has 0 aromatic carbocycles. The van der Waals surface area contributed by atoms with Gasteiger partial charge < -0.3 is 28.1 Å². The van der Waals surface area contributed by atoms with Crippen molar-refractivity contribution in [1.82, 2.24) is 4.90 Å². The van der Waals surface area contributed by atoms with Crippen LogP contribution < -0.4 is 0 Å². The number of hydrogen-bond acceptors (Lipinski definition) is 11. The molecule has 6 heterocycles. The maximum absolute atomic E-state index is 14.5. The third-order valence-corrected chi connectivity index (χ3v) is 13.3. The molecule has 9 atom stereocenters. The van der Waals surface area contributed by atoms with E-state index in [0.717, 1.165) is 45.7 Å². The van der Waals surface area contributed by atoms with Crippen LogP contribution in [0.15, 0.2) is 16.7 Å². The lowest BCUT2D eigenvalue weighted by Crippen LogP contribution is -2.72. The molecule has 11 heteroatoms. The summed E-state index contributed by atoms with van der Waals surface area (Å²) in [6.45, 7) is 12.5. The minimum absolute atomic E-state index is 0.0596. The Balaban J connectivity index is 1.07. The summed E-state index contributed by atoms with van der Waals surface area (Å²) >= 11 is 0. The van der Waals surface area contributed by atoms with E-state index in [1.807, 2.05) is 20.8 Å². The standard InChI is InChI=1S/C35H45NO10/c1-31(2)24-16-25(38)33(4)23(34(24)19-43-27(39)17-26(34)45-31)8-9-32(3)28(44-30(40)29-35(32,33)46-29)20-15-22(42-18-20)21(37)7-5-6-10-36-11-13-41-14-12-36/h15,18,23-24,26,28-29H,5-14,16-17,19H2,1-4H3/t23-,24-,26-,28-,29+,32-,33-,34+,35+/m0/s1. The summed E-state index contributed by atoms with van der Waals surface area (Å²) in [5, 5.41) is 0. The molecule has 0 bridgehead atoms. The van der Waals surface area contributed by atoms with Gasteiger partial charge in [0.1, 0.15) is 24.1 Å². The fraction of sp³-hybridized carbons (Fsp3) is 0.771. The van der Waals surface area contributed by atoms with Gasteiger partial charge in [-0.3, -0.25) is 19.3 Å². The largest absolute Gasteiger partial charge is 0.465 e. The third kappa shape index (κ3) is 3.91. The number of Topliss-reactive ketones (excluding diaryl/α,β-unsaturated/α-hetero) is 2. The van der Waals surface area contributed by atoms with Crippen LogP contribution in [0.4, 0.5) is 0 Å². The number of esters is 2. The van der Waals surface area contributed by atoms with Crippen molar-refractivity contribution >= 4 is 23.5 Å². The molecule has 2 saturated carbocycles. The number of cyclic esters (lactones) is 2. The summed E-state index contributed by atoms with van der Waals surface area (Å²) in [6.07, 6.45) is 3.26. The predicted molar refractivity (Wildman–Crippen MR) is 160 cm³/mol. The number of carbonyl (C=O) groups is 4. The monoisotopic (exact) mass is 639 g/mol. The first-order valence-corrected chi connectivity index (χ1v) is 17.1. The molecule has 1 aromatic heterocycles. The number of epoxide rings is 1. The molecule has 5 saturated heterocycles. The summed E-state index contributed by atoms with van der Waals surface area (Å²) < 4.78 is 36.2. The summed E-state index contributed by atoms with van der Waals surface area (Å²) in [7, 11) is 0. The normalized spacial score (nSPS) is 44.2. The van der Waals surface area contributed by atoms with Gasteiger partial charge in [0.05, 0.1) is 43.0 Å². The van der Waals surface area contributed by atoms with Gasteiger partial charge in [-0.1, -0.05) is 6.92 Å². The fourth-order valence-corrected chi connectivity index (χ4v) is 11.1. The molecule has 250 valence electrons. The van der Waals surface area contributed by atoms with E-state index in [0.29, 0.717) is 24.8 Å². The van der Waals surface area contributed by atoms with E-state index in [-0.39, 0.29) is 60.7 Å². The highest BCUT2D eigenvalue weighted by Gasteiger charge is 2.89. The van der Waals surface area contributed by atoms with Crippen LogP contribution >= 0.6 is 0 Å². The van der Waals surface area contributed by atoms with Gasteiger partial charge in [0.2, 0.25) is 0 Å². The molecule has 7 aliphatic rings. The Kier molecular flexibility index (Phi) is 6.81. The smallest absolute Gasteiger partial charge is 0.339 e. The third-order valence-electron chi connectivity index (χ3n) is 13.3. The lowest BCUT2D eigenvalue weighted by molar-refractivity contribution is -0.225. The molecule has 11 nitrogen and oxygen atoms in total. The first-order chi connectivity index (χ1) is 21.9. The number of ketones is 2. The van der Waals surface area contributed by atoms with Gasteiger partial charge in [0, 0.05) is 48.2 Å². The Bertz CT molecular complexity index is 1480. The summed E-state index contributed by atoms with van der Waals surface area (Å²) in [4.78, 5) is 56.1. The average Bonchev–Trinajstić information content (AvgIpc) is 3.56. The molecule has 0 radical (unpaired) electrons. The molecule has 7 fully saturated rings. The van der Waals surface area contributed by atoms with Crippen LogP contribution in [0.25, 0.3) is 0 Å². The zero-order valence-electron chi connectivity index (χ0n) is 27.3. The molecule has 1 aromatic rings. The first kappa shape index (κ1) is 30.7. The summed E-state index contributed by atoms with van der Waals surface area (Å²) in [5.74, 6) is -0.886. The molecule has 0 amide bonds. The van der Waals surface area contributed by atoms with Crippen LogP contribution in [0.3, 0.4) is 0 Å². The Morgan fingerprint density at radius 3 is 2.54 bits per heavy atom. The quantitative estimate of drug-likeness (QED) is 0.187. The van der Waals surface area contributed by atoms with E-state index >= 15 is 0 Å². The van der Waals surface area contributed by atoms with Crippen molar-refractivity contribution in [2.75, 3.05) is 39.5 Å². The zero-order chi connectivity index (χ0) is 32.3. The highest BCUT2D eigenvalue weighted by atomic mass is 16.7. The van der Waals surface area contributed by atoms with Gasteiger partial charge in [0.15, 0.2) is 17.6 Å². The number of hydrogen-bond donors (Lipinski definition) is 0. The number of morpholine rings is 1. The van der Waals surface area contributed by atoms with E-state index < -0.39 is 45.6 Å².